The van der Waals surface area contributed by atoms with Crippen LogP contribution in [0.4, 0.5) is 10.5 Å². The summed E-state index contributed by atoms with van der Waals surface area (Å²) in [5.74, 6) is -0.680. The number of rotatable bonds is 5. The van der Waals surface area contributed by atoms with E-state index < -0.39 is 5.97 Å². The van der Waals surface area contributed by atoms with Crippen LogP contribution in [0, 0.1) is 5.92 Å². The predicted molar refractivity (Wildman–Crippen MR) is 82.0 cm³/mol. The molecule has 0 radical (unpaired) electrons. The molecule has 5 nitrogen and oxygen atoms in total. The summed E-state index contributed by atoms with van der Waals surface area (Å²) in [5.41, 5.74) is 0.424. The maximum absolute atomic E-state index is 12.4. The zero-order valence-corrected chi connectivity index (χ0v) is 12.9. The molecule has 2 amide bonds. The van der Waals surface area contributed by atoms with Crippen molar-refractivity contribution in [1.29, 1.82) is 0 Å². The molecule has 1 aromatic rings. The van der Waals surface area contributed by atoms with Crippen molar-refractivity contribution in [2.24, 2.45) is 5.92 Å². The molecule has 0 bridgehead atoms. The van der Waals surface area contributed by atoms with Crippen LogP contribution in [0.1, 0.15) is 37.0 Å². The van der Waals surface area contributed by atoms with Crippen molar-refractivity contribution in [2.75, 3.05) is 11.9 Å². The summed E-state index contributed by atoms with van der Waals surface area (Å²) in [6.07, 6.45) is 2.03. The van der Waals surface area contributed by atoms with Gasteiger partial charge in [0.2, 0.25) is 0 Å². The zero-order chi connectivity index (χ0) is 15.6. The van der Waals surface area contributed by atoms with Crippen molar-refractivity contribution in [3.05, 3.63) is 28.8 Å². The molecule has 1 fully saturated rings. The lowest BCUT2D eigenvalue weighted by molar-refractivity contribution is 0.0697. The second kappa shape index (κ2) is 6.35. The molecule has 21 heavy (non-hydrogen) atoms. The highest BCUT2D eigenvalue weighted by Crippen LogP contribution is 2.29. The number of hydrogen-bond acceptors (Lipinski definition) is 2. The number of carboxylic acid groups (broad SMARTS) is 1. The van der Waals surface area contributed by atoms with Gasteiger partial charge in [0.25, 0.3) is 0 Å². The second-order valence-corrected chi connectivity index (χ2v) is 6.11. The standard InChI is InChI=1S/C15H19ClN2O3/c1-9(2)8-18(11-4-5-11)15(21)17-13-7-10(14(19)20)3-6-12(13)16/h3,6-7,9,11H,4-5,8H2,1-2H3,(H,17,21)(H,19,20). The molecule has 0 spiro atoms. The summed E-state index contributed by atoms with van der Waals surface area (Å²) in [5, 5.41) is 12.0. The first-order valence-corrected chi connectivity index (χ1v) is 7.36. The molecule has 114 valence electrons. The van der Waals surface area contributed by atoms with Gasteiger partial charge in [0.1, 0.15) is 0 Å². The van der Waals surface area contributed by atoms with Gasteiger partial charge in [-0.05, 0) is 37.0 Å². The Hall–Kier alpha value is -1.75. The quantitative estimate of drug-likeness (QED) is 0.871. The number of amides is 2. The molecule has 0 atom stereocenters. The number of carbonyl (C=O) groups is 2. The van der Waals surface area contributed by atoms with Crippen LogP contribution >= 0.6 is 11.6 Å². The lowest BCUT2D eigenvalue weighted by Gasteiger charge is -2.25. The minimum absolute atomic E-state index is 0.0940. The normalized spacial score (nSPS) is 14.1. The second-order valence-electron chi connectivity index (χ2n) is 5.71. The van der Waals surface area contributed by atoms with Crippen LogP contribution in [0.25, 0.3) is 0 Å². The Morgan fingerprint density at radius 2 is 2.10 bits per heavy atom. The Morgan fingerprint density at radius 3 is 2.62 bits per heavy atom. The van der Waals surface area contributed by atoms with Crippen LogP contribution in [0.15, 0.2) is 18.2 Å². The summed E-state index contributed by atoms with van der Waals surface area (Å²) >= 11 is 6.02. The highest BCUT2D eigenvalue weighted by atomic mass is 35.5. The maximum atomic E-state index is 12.4. The average molecular weight is 311 g/mol. The third-order valence-electron chi connectivity index (χ3n) is 3.27. The molecule has 0 saturated heterocycles. The molecule has 2 rings (SSSR count). The van der Waals surface area contributed by atoms with Crippen LogP contribution < -0.4 is 5.32 Å². The van der Waals surface area contributed by atoms with E-state index in [0.717, 1.165) is 12.8 Å². The van der Waals surface area contributed by atoms with Crippen LogP contribution in [0.3, 0.4) is 0 Å². The van der Waals surface area contributed by atoms with Gasteiger partial charge in [0, 0.05) is 12.6 Å². The highest BCUT2D eigenvalue weighted by Gasteiger charge is 2.33. The number of aromatic carboxylic acids is 1. The number of urea groups is 1. The van der Waals surface area contributed by atoms with Crippen molar-refractivity contribution in [3.8, 4) is 0 Å². The first-order chi connectivity index (χ1) is 9.88. The van der Waals surface area contributed by atoms with Gasteiger partial charge in [-0.3, -0.25) is 0 Å². The first kappa shape index (κ1) is 15.6. The number of nitrogens with one attached hydrogen (secondary N) is 1. The van der Waals surface area contributed by atoms with E-state index in [0.29, 0.717) is 23.2 Å². The van der Waals surface area contributed by atoms with Gasteiger partial charge in [0.05, 0.1) is 16.3 Å². The third kappa shape index (κ3) is 4.11. The molecule has 1 aliphatic rings. The molecule has 0 unspecified atom stereocenters. The third-order valence-corrected chi connectivity index (χ3v) is 3.59. The van der Waals surface area contributed by atoms with Crippen LogP contribution in [-0.2, 0) is 0 Å². The SMILES string of the molecule is CC(C)CN(C(=O)Nc1cc(C(=O)O)ccc1Cl)C1CC1. The molecule has 0 aromatic heterocycles. The fourth-order valence-corrected chi connectivity index (χ4v) is 2.28. The van der Waals surface area contributed by atoms with Gasteiger partial charge in [-0.25, -0.2) is 9.59 Å². The Bertz CT molecular complexity index is 556. The minimum Gasteiger partial charge on any atom is -0.478 e. The number of hydrogen-bond donors (Lipinski definition) is 2. The van der Waals surface area contributed by atoms with Gasteiger partial charge in [-0.1, -0.05) is 25.4 Å². The number of nitrogens with zero attached hydrogens (tertiary/aromatic N) is 1. The summed E-state index contributed by atoms with van der Waals surface area (Å²) in [7, 11) is 0. The lowest BCUT2D eigenvalue weighted by atomic mass is 10.2. The van der Waals surface area contributed by atoms with Gasteiger partial charge in [-0.2, -0.15) is 0 Å². The van der Waals surface area contributed by atoms with Gasteiger partial charge in [-0.15, -0.1) is 0 Å². The number of carbonyl (C=O) groups excluding carboxylic acids is 1. The number of halogens is 1. The van der Waals surface area contributed by atoms with E-state index >= 15 is 0 Å². The largest absolute Gasteiger partial charge is 0.478 e. The van der Waals surface area contributed by atoms with E-state index in [1.807, 2.05) is 0 Å². The molecule has 1 aliphatic carbocycles. The van der Waals surface area contributed by atoms with Crippen molar-refractivity contribution in [2.45, 2.75) is 32.7 Å². The zero-order valence-electron chi connectivity index (χ0n) is 12.1. The summed E-state index contributed by atoms with van der Waals surface area (Å²) in [6, 6.07) is 4.32. The number of anilines is 1. The highest BCUT2D eigenvalue weighted by molar-refractivity contribution is 6.33. The minimum atomic E-state index is -1.05. The summed E-state index contributed by atoms with van der Waals surface area (Å²) in [4.78, 5) is 25.2. The Balaban J connectivity index is 2.14. The van der Waals surface area contributed by atoms with Crippen molar-refractivity contribution in [3.63, 3.8) is 0 Å². The molecule has 1 saturated carbocycles. The molecule has 0 heterocycles. The molecular weight excluding hydrogens is 292 g/mol. The van der Waals surface area contributed by atoms with Gasteiger partial charge >= 0.3 is 12.0 Å². The number of benzene rings is 1. The van der Waals surface area contributed by atoms with E-state index in [-0.39, 0.29) is 17.6 Å². The fourth-order valence-electron chi connectivity index (χ4n) is 2.12. The van der Waals surface area contributed by atoms with Crippen LogP contribution in [0.5, 0.6) is 0 Å². The van der Waals surface area contributed by atoms with Gasteiger partial charge < -0.3 is 15.3 Å². The van der Waals surface area contributed by atoms with Crippen LogP contribution in [-0.4, -0.2) is 34.6 Å². The van der Waals surface area contributed by atoms with E-state index in [4.69, 9.17) is 16.7 Å². The van der Waals surface area contributed by atoms with E-state index in [9.17, 15) is 9.59 Å². The van der Waals surface area contributed by atoms with E-state index in [1.54, 1.807) is 4.90 Å². The van der Waals surface area contributed by atoms with E-state index in [2.05, 4.69) is 19.2 Å². The topological polar surface area (TPSA) is 69.6 Å². The van der Waals surface area contributed by atoms with Crippen molar-refractivity contribution >= 4 is 29.3 Å². The smallest absolute Gasteiger partial charge is 0.335 e. The average Bonchev–Trinajstić information content (AvgIpc) is 3.22. The maximum Gasteiger partial charge on any atom is 0.335 e. The monoisotopic (exact) mass is 310 g/mol. The van der Waals surface area contributed by atoms with Gasteiger partial charge in [0.15, 0.2) is 0 Å². The predicted octanol–water partition coefficient (Wildman–Crippen LogP) is 3.69. The van der Waals surface area contributed by atoms with E-state index in [1.165, 1.54) is 18.2 Å². The molecule has 0 aliphatic heterocycles. The molecule has 1 aromatic carbocycles. The first-order valence-electron chi connectivity index (χ1n) is 6.99. The Kier molecular flexibility index (Phi) is 4.73. The summed E-state index contributed by atoms with van der Waals surface area (Å²) < 4.78 is 0. The van der Waals surface area contributed by atoms with Crippen LogP contribution in [0.2, 0.25) is 5.02 Å². The molecular formula is C15H19ClN2O3. The van der Waals surface area contributed by atoms with Crippen molar-refractivity contribution < 1.29 is 14.7 Å². The number of carboxylic acids is 1. The molecule has 6 heteroatoms. The Labute approximate surface area is 128 Å². The van der Waals surface area contributed by atoms with Crippen molar-refractivity contribution in [1.82, 2.24) is 4.90 Å². The fraction of sp³-hybridized carbons (Fsp3) is 0.467. The lowest BCUT2D eigenvalue weighted by Crippen LogP contribution is -2.39. The summed E-state index contributed by atoms with van der Waals surface area (Å²) in [6.45, 7) is 4.79. The Morgan fingerprint density at radius 1 is 1.43 bits per heavy atom. The molecule has 2 N–H and O–H groups in total.